The first-order chi connectivity index (χ1) is 8.88. The van der Waals surface area contributed by atoms with Gasteiger partial charge in [0.25, 0.3) is 0 Å². The van der Waals surface area contributed by atoms with Crippen molar-refractivity contribution in [3.63, 3.8) is 0 Å². The smallest absolute Gasteiger partial charge is 0.135 e. The molecule has 2 rings (SSSR count). The Morgan fingerprint density at radius 1 is 1.32 bits per heavy atom. The summed E-state index contributed by atoms with van der Waals surface area (Å²) in [5.74, 6) is 1.70. The number of aromatic nitrogens is 4. The van der Waals surface area contributed by atoms with E-state index in [1.165, 1.54) is 5.56 Å². The van der Waals surface area contributed by atoms with Gasteiger partial charge in [0, 0.05) is 36.5 Å². The molecule has 1 N–H and O–H groups in total. The molecule has 0 aliphatic rings. The lowest BCUT2D eigenvalue weighted by molar-refractivity contribution is 0.546. The van der Waals surface area contributed by atoms with Crippen LogP contribution in [0.2, 0.25) is 0 Å². The van der Waals surface area contributed by atoms with E-state index in [0.717, 1.165) is 23.9 Å². The third kappa shape index (κ3) is 3.10. The topological polar surface area (TPSA) is 55.6 Å². The van der Waals surface area contributed by atoms with E-state index in [1.54, 1.807) is 6.20 Å². The van der Waals surface area contributed by atoms with Gasteiger partial charge in [0.05, 0.1) is 6.20 Å². The quantitative estimate of drug-likeness (QED) is 0.919. The van der Waals surface area contributed by atoms with Crippen LogP contribution in [-0.2, 0) is 19.0 Å². The van der Waals surface area contributed by atoms with Gasteiger partial charge in [-0.3, -0.25) is 4.68 Å². The van der Waals surface area contributed by atoms with Crippen LogP contribution in [0.1, 0.15) is 37.9 Å². The zero-order chi connectivity index (χ0) is 14.0. The Morgan fingerprint density at radius 3 is 2.63 bits per heavy atom. The Labute approximate surface area is 114 Å². The fraction of sp³-hybridized carbons (Fsp3) is 0.500. The van der Waals surface area contributed by atoms with Crippen LogP contribution in [0.4, 0.5) is 5.82 Å². The zero-order valence-electron chi connectivity index (χ0n) is 12.2. The third-order valence-corrected chi connectivity index (χ3v) is 3.12. The van der Waals surface area contributed by atoms with E-state index in [0.29, 0.717) is 0 Å². The molecule has 0 fully saturated rings. The van der Waals surface area contributed by atoms with E-state index in [4.69, 9.17) is 0 Å². The normalized spacial score (nSPS) is 11.6. The van der Waals surface area contributed by atoms with Crippen LogP contribution in [-0.4, -0.2) is 19.7 Å². The fourth-order valence-electron chi connectivity index (χ4n) is 1.72. The number of hydrogen-bond acceptors (Lipinski definition) is 4. The first kappa shape index (κ1) is 13.5. The van der Waals surface area contributed by atoms with Crippen molar-refractivity contribution in [2.24, 2.45) is 7.05 Å². The Kier molecular flexibility index (Phi) is 3.55. The van der Waals surface area contributed by atoms with Crippen molar-refractivity contribution in [2.75, 3.05) is 5.32 Å². The average Bonchev–Trinajstić information content (AvgIpc) is 2.67. The van der Waals surface area contributed by atoms with Crippen LogP contribution in [0.5, 0.6) is 0 Å². The van der Waals surface area contributed by atoms with Gasteiger partial charge in [-0.25, -0.2) is 9.97 Å². The highest BCUT2D eigenvalue weighted by molar-refractivity contribution is 5.35. The molecular formula is C14H21N5. The molecule has 0 amide bonds. The summed E-state index contributed by atoms with van der Waals surface area (Å²) < 4.78 is 1.87. The van der Waals surface area contributed by atoms with Crippen LogP contribution in [0.3, 0.4) is 0 Å². The maximum atomic E-state index is 4.55. The molecule has 2 heterocycles. The number of nitrogens with zero attached hydrogens (tertiary/aromatic N) is 4. The molecule has 0 bridgehead atoms. The van der Waals surface area contributed by atoms with Gasteiger partial charge in [-0.15, -0.1) is 0 Å². The minimum Gasteiger partial charge on any atom is -0.366 e. The first-order valence-corrected chi connectivity index (χ1v) is 6.43. The molecule has 0 saturated carbocycles. The zero-order valence-corrected chi connectivity index (χ0v) is 12.2. The van der Waals surface area contributed by atoms with Crippen molar-refractivity contribution >= 4 is 5.82 Å². The average molecular weight is 259 g/mol. The standard InChI is InChI=1S/C14H21N5/c1-10-11(9-17-19(10)5)8-16-12-6-7-15-13(18-12)14(2,3)4/h6-7,9H,8H2,1-5H3,(H,15,16,18). The van der Waals surface area contributed by atoms with Gasteiger partial charge in [0.15, 0.2) is 0 Å². The van der Waals surface area contributed by atoms with Crippen LogP contribution in [0.25, 0.3) is 0 Å². The van der Waals surface area contributed by atoms with Crippen molar-refractivity contribution in [3.8, 4) is 0 Å². The van der Waals surface area contributed by atoms with Gasteiger partial charge < -0.3 is 5.32 Å². The molecule has 2 aromatic heterocycles. The molecule has 0 aliphatic heterocycles. The minimum absolute atomic E-state index is 0.0398. The number of nitrogens with one attached hydrogen (secondary N) is 1. The van der Waals surface area contributed by atoms with Crippen LogP contribution >= 0.6 is 0 Å². The molecule has 0 aromatic carbocycles. The van der Waals surface area contributed by atoms with Gasteiger partial charge >= 0.3 is 0 Å². The summed E-state index contributed by atoms with van der Waals surface area (Å²) in [5, 5.41) is 7.55. The van der Waals surface area contributed by atoms with Gasteiger partial charge in [0.1, 0.15) is 11.6 Å². The Balaban J connectivity index is 2.10. The Hall–Kier alpha value is -1.91. The monoisotopic (exact) mass is 259 g/mol. The van der Waals surface area contributed by atoms with Crippen LogP contribution in [0, 0.1) is 6.92 Å². The van der Waals surface area contributed by atoms with Gasteiger partial charge in [-0.1, -0.05) is 20.8 Å². The van der Waals surface area contributed by atoms with E-state index in [-0.39, 0.29) is 5.41 Å². The largest absolute Gasteiger partial charge is 0.366 e. The predicted octanol–water partition coefficient (Wildman–Crippen LogP) is 2.43. The molecule has 0 aliphatic carbocycles. The molecule has 102 valence electrons. The lowest BCUT2D eigenvalue weighted by Crippen LogP contribution is -2.16. The van der Waals surface area contributed by atoms with E-state index in [1.807, 2.05) is 24.0 Å². The summed E-state index contributed by atoms with van der Waals surface area (Å²) in [6, 6.07) is 1.89. The molecule has 5 heteroatoms. The SMILES string of the molecule is Cc1c(CNc2ccnc(C(C)(C)C)n2)cnn1C. The molecule has 0 spiro atoms. The van der Waals surface area contributed by atoms with Crippen molar-refractivity contribution in [1.82, 2.24) is 19.7 Å². The van der Waals surface area contributed by atoms with Gasteiger partial charge in [-0.2, -0.15) is 5.10 Å². The summed E-state index contributed by atoms with van der Waals surface area (Å²) >= 11 is 0. The van der Waals surface area contributed by atoms with Crippen molar-refractivity contribution < 1.29 is 0 Å². The van der Waals surface area contributed by atoms with Crippen molar-refractivity contribution in [2.45, 2.75) is 39.7 Å². The maximum Gasteiger partial charge on any atom is 0.135 e. The first-order valence-electron chi connectivity index (χ1n) is 6.43. The van der Waals surface area contributed by atoms with Crippen molar-refractivity contribution in [1.29, 1.82) is 0 Å². The summed E-state index contributed by atoms with van der Waals surface area (Å²) in [5.41, 5.74) is 2.30. The molecule has 0 radical (unpaired) electrons. The predicted molar refractivity (Wildman–Crippen MR) is 76.0 cm³/mol. The molecule has 0 saturated heterocycles. The van der Waals surface area contributed by atoms with E-state index >= 15 is 0 Å². The maximum absolute atomic E-state index is 4.55. The summed E-state index contributed by atoms with van der Waals surface area (Å²) in [6.07, 6.45) is 3.68. The summed E-state index contributed by atoms with van der Waals surface area (Å²) in [4.78, 5) is 8.87. The number of rotatable bonds is 3. The highest BCUT2D eigenvalue weighted by atomic mass is 15.3. The fourth-order valence-corrected chi connectivity index (χ4v) is 1.72. The van der Waals surface area contributed by atoms with Crippen molar-refractivity contribution in [3.05, 3.63) is 35.5 Å². The second kappa shape index (κ2) is 4.99. The van der Waals surface area contributed by atoms with E-state index < -0.39 is 0 Å². The Bertz CT molecular complexity index is 565. The Morgan fingerprint density at radius 2 is 2.05 bits per heavy atom. The lowest BCUT2D eigenvalue weighted by Gasteiger charge is -2.17. The highest BCUT2D eigenvalue weighted by Gasteiger charge is 2.17. The molecular weight excluding hydrogens is 238 g/mol. The minimum atomic E-state index is -0.0398. The van der Waals surface area contributed by atoms with E-state index in [2.05, 4.69) is 48.1 Å². The van der Waals surface area contributed by atoms with Gasteiger partial charge in [0.2, 0.25) is 0 Å². The van der Waals surface area contributed by atoms with Gasteiger partial charge in [-0.05, 0) is 13.0 Å². The van der Waals surface area contributed by atoms with Crippen LogP contribution in [0.15, 0.2) is 18.5 Å². The van der Waals surface area contributed by atoms with E-state index in [9.17, 15) is 0 Å². The molecule has 19 heavy (non-hydrogen) atoms. The molecule has 0 unspecified atom stereocenters. The molecule has 5 nitrogen and oxygen atoms in total. The third-order valence-electron chi connectivity index (χ3n) is 3.12. The summed E-state index contributed by atoms with van der Waals surface area (Å²) in [6.45, 7) is 9.11. The second-order valence-electron chi connectivity index (χ2n) is 5.75. The number of anilines is 1. The highest BCUT2D eigenvalue weighted by Crippen LogP contribution is 2.19. The summed E-state index contributed by atoms with van der Waals surface area (Å²) in [7, 11) is 1.95. The number of aryl methyl sites for hydroxylation is 1. The molecule has 0 atom stereocenters. The second-order valence-corrected chi connectivity index (χ2v) is 5.75. The molecule has 2 aromatic rings. The lowest BCUT2D eigenvalue weighted by atomic mass is 9.96. The van der Waals surface area contributed by atoms with Crippen LogP contribution < -0.4 is 5.32 Å². The number of hydrogen-bond donors (Lipinski definition) is 1.